The van der Waals surface area contributed by atoms with E-state index in [0.29, 0.717) is 19.8 Å². The molecule has 0 aliphatic heterocycles. The summed E-state index contributed by atoms with van der Waals surface area (Å²) < 4.78 is 12.4. The van der Waals surface area contributed by atoms with Crippen LogP contribution in [0.3, 0.4) is 0 Å². The summed E-state index contributed by atoms with van der Waals surface area (Å²) in [6.07, 6.45) is 2.05. The fourth-order valence-corrected chi connectivity index (χ4v) is 2.49. The Labute approximate surface area is 119 Å². The molecule has 0 unspecified atom stereocenters. The summed E-state index contributed by atoms with van der Waals surface area (Å²) in [5.74, 6) is 1.83. The summed E-state index contributed by atoms with van der Waals surface area (Å²) in [6, 6.07) is 0. The van der Waals surface area contributed by atoms with Crippen molar-refractivity contribution in [1.82, 2.24) is 14.8 Å². The van der Waals surface area contributed by atoms with Crippen LogP contribution < -0.4 is 5.73 Å². The first-order chi connectivity index (χ1) is 9.33. The van der Waals surface area contributed by atoms with Crippen molar-refractivity contribution in [3.63, 3.8) is 0 Å². The minimum atomic E-state index is 0.438. The Morgan fingerprint density at radius 1 is 1.26 bits per heavy atom. The quantitative estimate of drug-likeness (QED) is 0.488. The summed E-state index contributed by atoms with van der Waals surface area (Å²) in [5, 5.41) is 9.26. The van der Waals surface area contributed by atoms with Crippen LogP contribution in [0.1, 0.15) is 25.6 Å². The number of nitrogens with two attached hydrogens (primary N) is 1. The molecular formula is C12H24N4O2S. The van der Waals surface area contributed by atoms with Crippen LogP contribution in [0.15, 0.2) is 5.16 Å². The highest BCUT2D eigenvalue weighted by molar-refractivity contribution is 7.99. The van der Waals surface area contributed by atoms with Gasteiger partial charge in [-0.25, -0.2) is 0 Å². The minimum absolute atomic E-state index is 0.438. The van der Waals surface area contributed by atoms with E-state index in [1.165, 1.54) is 0 Å². The van der Waals surface area contributed by atoms with Gasteiger partial charge in [0.25, 0.3) is 0 Å². The van der Waals surface area contributed by atoms with Crippen LogP contribution in [0.4, 0.5) is 0 Å². The normalized spacial score (nSPS) is 11.1. The van der Waals surface area contributed by atoms with Gasteiger partial charge in [0.2, 0.25) is 0 Å². The lowest BCUT2D eigenvalue weighted by molar-refractivity contribution is 0.0713. The Kier molecular flexibility index (Phi) is 8.81. The minimum Gasteiger partial charge on any atom is -0.382 e. The predicted molar refractivity (Wildman–Crippen MR) is 76.2 cm³/mol. The largest absolute Gasteiger partial charge is 0.382 e. The summed E-state index contributed by atoms with van der Waals surface area (Å²) in [4.78, 5) is 0. The Balaban J connectivity index is 2.26. The molecule has 0 aliphatic carbocycles. The maximum atomic E-state index is 5.65. The van der Waals surface area contributed by atoms with E-state index in [-0.39, 0.29) is 0 Å². The van der Waals surface area contributed by atoms with Crippen LogP contribution in [0.25, 0.3) is 0 Å². The molecule has 0 radical (unpaired) electrons. The zero-order chi connectivity index (χ0) is 13.9. The highest BCUT2D eigenvalue weighted by Crippen LogP contribution is 2.18. The molecule has 1 rings (SSSR count). The van der Waals surface area contributed by atoms with Crippen LogP contribution in [-0.4, -0.2) is 47.4 Å². The third kappa shape index (κ3) is 5.90. The van der Waals surface area contributed by atoms with Crippen molar-refractivity contribution in [2.75, 3.05) is 32.7 Å². The highest BCUT2D eigenvalue weighted by Gasteiger charge is 2.10. The van der Waals surface area contributed by atoms with Crippen molar-refractivity contribution in [1.29, 1.82) is 0 Å². The fraction of sp³-hybridized carbons (Fsp3) is 0.833. The van der Waals surface area contributed by atoms with Crippen LogP contribution in [0.5, 0.6) is 0 Å². The molecule has 0 saturated heterocycles. The molecule has 0 amide bonds. The molecule has 0 fully saturated rings. The molecule has 1 aromatic heterocycles. The number of rotatable bonds is 11. The molecule has 0 aliphatic rings. The molecule has 0 spiro atoms. The van der Waals surface area contributed by atoms with E-state index in [4.69, 9.17) is 15.2 Å². The third-order valence-electron chi connectivity index (χ3n) is 2.52. The van der Waals surface area contributed by atoms with E-state index in [2.05, 4.69) is 21.7 Å². The van der Waals surface area contributed by atoms with Gasteiger partial charge in [-0.05, 0) is 12.8 Å². The molecule has 1 heterocycles. The lowest BCUT2D eigenvalue weighted by Gasteiger charge is -2.07. The van der Waals surface area contributed by atoms with Crippen molar-refractivity contribution in [3.05, 3.63) is 5.82 Å². The van der Waals surface area contributed by atoms with Gasteiger partial charge in [0.05, 0.1) is 19.8 Å². The maximum absolute atomic E-state index is 5.65. The molecule has 0 aromatic carbocycles. The molecule has 0 bridgehead atoms. The summed E-state index contributed by atoms with van der Waals surface area (Å²) in [6.45, 7) is 5.56. The second-order valence-corrected chi connectivity index (χ2v) is 5.12. The average Bonchev–Trinajstić information content (AvgIpc) is 2.81. The summed E-state index contributed by atoms with van der Waals surface area (Å²) in [5.41, 5.74) is 5.65. The van der Waals surface area contributed by atoms with Gasteiger partial charge in [0.15, 0.2) is 5.16 Å². The maximum Gasteiger partial charge on any atom is 0.191 e. The topological polar surface area (TPSA) is 75.2 Å². The van der Waals surface area contributed by atoms with Gasteiger partial charge in [-0.1, -0.05) is 18.7 Å². The van der Waals surface area contributed by atoms with Crippen LogP contribution in [0, 0.1) is 0 Å². The standard InChI is InChI=1S/C12H24N4O2S/c1-3-5-16-11(10-13)14-15-12(16)19-9-4-6-18-8-7-17-2/h3-10,13H2,1-2H3. The molecule has 0 saturated carbocycles. The van der Waals surface area contributed by atoms with E-state index in [1.807, 2.05) is 0 Å². The molecule has 1 aromatic rings. The number of nitrogens with zero attached hydrogens (tertiary/aromatic N) is 3. The van der Waals surface area contributed by atoms with Gasteiger partial charge in [0.1, 0.15) is 5.82 Å². The molecular weight excluding hydrogens is 264 g/mol. The van der Waals surface area contributed by atoms with Crippen molar-refractivity contribution >= 4 is 11.8 Å². The first-order valence-electron chi connectivity index (χ1n) is 6.65. The van der Waals surface area contributed by atoms with Crippen molar-refractivity contribution in [2.24, 2.45) is 5.73 Å². The predicted octanol–water partition coefficient (Wildman–Crippen LogP) is 1.29. The summed E-state index contributed by atoms with van der Waals surface area (Å²) >= 11 is 1.71. The summed E-state index contributed by atoms with van der Waals surface area (Å²) in [7, 11) is 1.68. The fourth-order valence-electron chi connectivity index (χ4n) is 1.59. The van der Waals surface area contributed by atoms with E-state index in [0.717, 1.165) is 42.7 Å². The molecule has 0 atom stereocenters. The Hall–Kier alpha value is -0.630. The van der Waals surface area contributed by atoms with Crippen molar-refractivity contribution < 1.29 is 9.47 Å². The van der Waals surface area contributed by atoms with Gasteiger partial charge in [-0.2, -0.15) is 0 Å². The SMILES string of the molecule is CCCn1c(CN)nnc1SCCCOCCOC. The molecule has 7 heteroatoms. The van der Waals surface area contributed by atoms with Gasteiger partial charge in [0, 0.05) is 26.0 Å². The number of thioether (sulfide) groups is 1. The lowest BCUT2D eigenvalue weighted by atomic mass is 10.4. The third-order valence-corrected chi connectivity index (χ3v) is 3.57. The van der Waals surface area contributed by atoms with E-state index < -0.39 is 0 Å². The number of hydrogen-bond acceptors (Lipinski definition) is 6. The second-order valence-electron chi connectivity index (χ2n) is 4.06. The first kappa shape index (κ1) is 16.4. The Morgan fingerprint density at radius 3 is 2.79 bits per heavy atom. The second kappa shape index (κ2) is 10.2. The highest BCUT2D eigenvalue weighted by atomic mass is 32.2. The van der Waals surface area contributed by atoms with E-state index in [1.54, 1.807) is 18.9 Å². The van der Waals surface area contributed by atoms with Gasteiger partial charge in [-0.15, -0.1) is 10.2 Å². The van der Waals surface area contributed by atoms with Gasteiger partial charge >= 0.3 is 0 Å². The number of ether oxygens (including phenoxy) is 2. The van der Waals surface area contributed by atoms with Gasteiger partial charge < -0.3 is 19.8 Å². The molecule has 2 N–H and O–H groups in total. The Bertz CT molecular complexity index is 346. The van der Waals surface area contributed by atoms with Crippen molar-refractivity contribution in [2.45, 2.75) is 38.0 Å². The number of aromatic nitrogens is 3. The number of methoxy groups -OCH3 is 1. The van der Waals surface area contributed by atoms with Gasteiger partial charge in [-0.3, -0.25) is 0 Å². The Morgan fingerprint density at radius 2 is 2.11 bits per heavy atom. The molecule has 110 valence electrons. The van der Waals surface area contributed by atoms with Crippen LogP contribution in [-0.2, 0) is 22.6 Å². The van der Waals surface area contributed by atoms with E-state index in [9.17, 15) is 0 Å². The monoisotopic (exact) mass is 288 g/mol. The van der Waals surface area contributed by atoms with E-state index >= 15 is 0 Å². The zero-order valence-electron chi connectivity index (χ0n) is 11.8. The lowest BCUT2D eigenvalue weighted by Crippen LogP contribution is -2.09. The molecule has 6 nitrogen and oxygen atoms in total. The molecule has 19 heavy (non-hydrogen) atoms. The van der Waals surface area contributed by atoms with Crippen LogP contribution >= 0.6 is 11.8 Å². The first-order valence-corrected chi connectivity index (χ1v) is 7.63. The van der Waals surface area contributed by atoms with Crippen LogP contribution in [0.2, 0.25) is 0 Å². The smallest absolute Gasteiger partial charge is 0.191 e. The number of hydrogen-bond donors (Lipinski definition) is 1. The average molecular weight is 288 g/mol. The zero-order valence-corrected chi connectivity index (χ0v) is 12.6. The van der Waals surface area contributed by atoms with Crippen molar-refractivity contribution in [3.8, 4) is 0 Å².